The molecule has 0 fully saturated rings. The molecular weight excluding hydrogens is 336 g/mol. The maximum absolute atomic E-state index is 12.0. The number of esters is 2. The van der Waals surface area contributed by atoms with E-state index in [1.165, 1.54) is 25.3 Å². The summed E-state index contributed by atoms with van der Waals surface area (Å²) in [7, 11) is 2.38. The van der Waals surface area contributed by atoms with E-state index in [9.17, 15) is 19.7 Å². The molecule has 1 aromatic rings. The Kier molecular flexibility index (Phi) is 6.92. The van der Waals surface area contributed by atoms with Crippen molar-refractivity contribution in [1.82, 2.24) is 0 Å². The lowest BCUT2D eigenvalue weighted by atomic mass is 10.1. The first-order valence-electron chi connectivity index (χ1n) is 6.69. The largest absolute Gasteiger partial charge is 0.497 e. The van der Waals surface area contributed by atoms with Crippen LogP contribution in [0.3, 0.4) is 0 Å². The quantitative estimate of drug-likeness (QED) is 0.107. The molecule has 11 heteroatoms. The number of rotatable bonds is 7. The van der Waals surface area contributed by atoms with Crippen LogP contribution >= 0.6 is 0 Å². The second kappa shape index (κ2) is 8.89. The predicted octanol–water partition coefficient (Wildman–Crippen LogP) is 2.36. The van der Waals surface area contributed by atoms with Gasteiger partial charge in [-0.25, -0.2) is 4.79 Å². The smallest absolute Gasteiger partial charge is 0.344 e. The highest BCUT2D eigenvalue weighted by Crippen LogP contribution is 2.33. The number of carbonyl (C=O) groups excluding carboxylic acids is 2. The minimum Gasteiger partial charge on any atom is -0.497 e. The average molecular weight is 350 g/mol. The van der Waals surface area contributed by atoms with Gasteiger partial charge in [0.2, 0.25) is 6.54 Å². The molecule has 0 saturated carbocycles. The maximum Gasteiger partial charge on any atom is 0.344 e. The summed E-state index contributed by atoms with van der Waals surface area (Å²) in [6, 6.07) is 4.12. The number of nitro groups is 1. The normalized spacial score (nSPS) is 10.8. The highest BCUT2D eigenvalue weighted by atomic mass is 16.6. The Hall–Kier alpha value is -3.59. The topological polar surface area (TPSA) is 154 Å². The summed E-state index contributed by atoms with van der Waals surface area (Å²) < 4.78 is 14.6. The van der Waals surface area contributed by atoms with Gasteiger partial charge in [0.1, 0.15) is 5.75 Å². The van der Waals surface area contributed by atoms with Crippen molar-refractivity contribution in [3.8, 4) is 5.75 Å². The van der Waals surface area contributed by atoms with E-state index in [-0.39, 0.29) is 17.0 Å². The molecule has 0 aliphatic rings. The number of hydrogen-bond acceptors (Lipinski definition) is 8. The Bertz CT molecular complexity index is 781. The zero-order valence-electron chi connectivity index (χ0n) is 13.6. The van der Waals surface area contributed by atoms with Crippen LogP contribution in [0, 0.1) is 10.1 Å². The molecule has 0 radical (unpaired) electrons. The van der Waals surface area contributed by atoms with Crippen LogP contribution in [0.5, 0.6) is 5.75 Å². The number of methoxy groups -OCH3 is 2. The number of azide groups is 1. The minimum absolute atomic E-state index is 0.0238. The first kappa shape index (κ1) is 19.5. The third kappa shape index (κ3) is 5.22. The van der Waals surface area contributed by atoms with Crippen molar-refractivity contribution < 1.29 is 28.7 Å². The molecule has 0 bridgehead atoms. The second-order valence-electron chi connectivity index (χ2n) is 4.46. The van der Waals surface area contributed by atoms with Gasteiger partial charge in [-0.1, -0.05) is 5.11 Å². The molecule has 1 rings (SSSR count). The molecule has 0 aliphatic carbocycles. The van der Waals surface area contributed by atoms with Crippen molar-refractivity contribution in [2.24, 2.45) is 5.11 Å². The van der Waals surface area contributed by atoms with E-state index < -0.39 is 34.7 Å². The van der Waals surface area contributed by atoms with E-state index in [1.807, 2.05) is 0 Å². The summed E-state index contributed by atoms with van der Waals surface area (Å²) in [6.07, 6.45) is 0. The summed E-state index contributed by atoms with van der Waals surface area (Å²) >= 11 is 0. The highest BCUT2D eigenvalue weighted by molar-refractivity contribution is 5.99. The van der Waals surface area contributed by atoms with Gasteiger partial charge in [-0.2, -0.15) is 0 Å². The molecular formula is C14H14N4O7. The average Bonchev–Trinajstić information content (AvgIpc) is 2.57. The van der Waals surface area contributed by atoms with Crippen molar-refractivity contribution >= 4 is 23.4 Å². The van der Waals surface area contributed by atoms with Crippen LogP contribution < -0.4 is 4.74 Å². The van der Waals surface area contributed by atoms with Gasteiger partial charge in [0.05, 0.1) is 14.2 Å². The summed E-state index contributed by atoms with van der Waals surface area (Å²) in [6.45, 7) is 0.0800. The molecule has 11 nitrogen and oxygen atoms in total. The second-order valence-corrected chi connectivity index (χ2v) is 4.46. The Labute approximate surface area is 141 Å². The van der Waals surface area contributed by atoms with Gasteiger partial charge >= 0.3 is 11.9 Å². The molecule has 0 aromatic heterocycles. The lowest BCUT2D eigenvalue weighted by Crippen LogP contribution is -2.18. The van der Waals surface area contributed by atoms with Gasteiger partial charge in [0.15, 0.2) is 11.3 Å². The number of benzene rings is 1. The zero-order valence-corrected chi connectivity index (χ0v) is 13.6. The van der Waals surface area contributed by atoms with Crippen molar-refractivity contribution in [2.45, 2.75) is 6.92 Å². The summed E-state index contributed by atoms with van der Waals surface area (Å²) in [5, 5.41) is 14.3. The van der Waals surface area contributed by atoms with Crippen molar-refractivity contribution in [3.05, 3.63) is 49.9 Å². The Morgan fingerprint density at radius 3 is 2.52 bits per heavy atom. The van der Waals surface area contributed by atoms with Crippen molar-refractivity contribution in [1.29, 1.82) is 0 Å². The van der Waals surface area contributed by atoms with Gasteiger partial charge in [-0.15, -0.1) is 0 Å². The molecule has 0 heterocycles. The fraction of sp³-hybridized carbons (Fsp3) is 0.286. The van der Waals surface area contributed by atoms with Gasteiger partial charge in [0, 0.05) is 28.0 Å². The predicted molar refractivity (Wildman–Crippen MR) is 84.4 cm³/mol. The van der Waals surface area contributed by atoms with Gasteiger partial charge in [-0.3, -0.25) is 14.9 Å². The number of carbonyl (C=O) groups is 2. The van der Waals surface area contributed by atoms with Crippen LogP contribution in [-0.2, 0) is 19.1 Å². The molecule has 1 aromatic carbocycles. The molecule has 0 saturated heterocycles. The number of ether oxygens (including phenoxy) is 3. The molecule has 0 spiro atoms. The fourth-order valence-electron chi connectivity index (χ4n) is 1.86. The number of nitrogens with zero attached hydrogens (tertiary/aromatic N) is 4. The Morgan fingerprint density at radius 1 is 1.36 bits per heavy atom. The minimum atomic E-state index is -1.07. The third-order valence-electron chi connectivity index (χ3n) is 2.84. The fourth-order valence-corrected chi connectivity index (χ4v) is 1.86. The Balaban J connectivity index is 3.81. The maximum atomic E-state index is 12.0. The molecule has 132 valence electrons. The zero-order chi connectivity index (χ0) is 19.0. The van der Waals surface area contributed by atoms with E-state index in [0.717, 1.165) is 14.0 Å². The van der Waals surface area contributed by atoms with E-state index in [1.54, 1.807) is 0 Å². The van der Waals surface area contributed by atoms with E-state index >= 15 is 0 Å². The standard InChI is InChI=1S/C14H14N4O7/c1-8(19)25-13(11(7-18(21)22)14(20)24-3)10-6-9(23-2)4-5-12(10)16-17-15/h4-6H,7H2,1-3H3/b13-11-. The van der Waals surface area contributed by atoms with Crippen molar-refractivity contribution in [3.63, 3.8) is 0 Å². The monoisotopic (exact) mass is 350 g/mol. The van der Waals surface area contributed by atoms with Crippen LogP contribution in [0.1, 0.15) is 12.5 Å². The van der Waals surface area contributed by atoms with Crippen LogP contribution in [0.15, 0.2) is 28.9 Å². The van der Waals surface area contributed by atoms with E-state index in [4.69, 9.17) is 15.0 Å². The van der Waals surface area contributed by atoms with E-state index in [2.05, 4.69) is 14.8 Å². The first-order valence-corrected chi connectivity index (χ1v) is 6.69. The molecule has 0 atom stereocenters. The van der Waals surface area contributed by atoms with Crippen LogP contribution in [-0.4, -0.2) is 37.6 Å². The SMILES string of the molecule is COC(=O)/C(C[N+](=O)[O-])=C(\OC(C)=O)c1cc(OC)ccc1N=[N+]=[N-]. The van der Waals surface area contributed by atoms with E-state index in [0.29, 0.717) is 0 Å². The number of hydrogen-bond donors (Lipinski definition) is 0. The van der Waals surface area contributed by atoms with Gasteiger partial charge in [-0.05, 0) is 23.7 Å². The molecule has 25 heavy (non-hydrogen) atoms. The molecule has 0 aliphatic heterocycles. The van der Waals surface area contributed by atoms with Crippen LogP contribution in [0.4, 0.5) is 5.69 Å². The Morgan fingerprint density at radius 2 is 2.04 bits per heavy atom. The van der Waals surface area contributed by atoms with Crippen LogP contribution in [0.25, 0.3) is 16.2 Å². The van der Waals surface area contributed by atoms with Gasteiger partial charge < -0.3 is 14.2 Å². The molecule has 0 N–H and O–H groups in total. The molecule has 0 amide bonds. The summed E-state index contributed by atoms with van der Waals surface area (Å²) in [4.78, 5) is 36.1. The highest BCUT2D eigenvalue weighted by Gasteiger charge is 2.27. The first-order chi connectivity index (χ1) is 11.8. The lowest BCUT2D eigenvalue weighted by Gasteiger charge is -2.14. The van der Waals surface area contributed by atoms with Crippen molar-refractivity contribution in [2.75, 3.05) is 20.8 Å². The molecule has 0 unspecified atom stereocenters. The van der Waals surface area contributed by atoms with Gasteiger partial charge in [0.25, 0.3) is 0 Å². The summed E-state index contributed by atoms with van der Waals surface area (Å²) in [5.41, 5.74) is 8.10. The third-order valence-corrected chi connectivity index (χ3v) is 2.84. The lowest BCUT2D eigenvalue weighted by molar-refractivity contribution is -0.470. The van der Waals surface area contributed by atoms with Crippen LogP contribution in [0.2, 0.25) is 0 Å². The summed E-state index contributed by atoms with van der Waals surface area (Å²) in [5.74, 6) is -2.07.